The zero-order valence-corrected chi connectivity index (χ0v) is 10.3. The van der Waals surface area contributed by atoms with E-state index in [0.717, 1.165) is 12.1 Å². The number of carbonyl (C=O) groups is 1. The molecule has 6 nitrogen and oxygen atoms in total. The Morgan fingerprint density at radius 2 is 2.21 bits per heavy atom. The number of nitrogens with zero attached hydrogens (tertiary/aromatic N) is 2. The van der Waals surface area contributed by atoms with Crippen LogP contribution < -0.4 is 14.2 Å². The van der Waals surface area contributed by atoms with Crippen LogP contribution in [0.5, 0.6) is 17.2 Å². The van der Waals surface area contributed by atoms with Crippen molar-refractivity contribution in [2.24, 2.45) is 7.05 Å². The summed E-state index contributed by atoms with van der Waals surface area (Å²) in [5.74, 6) is 2.38. The standard InChI is InChI=1S/C13H12N2O4/c1-15-3-2-14-13(15)7-17-10-5-12-11(18-8-19-12)4-9(10)6-16/h2-6H,7-8H2,1H3. The van der Waals surface area contributed by atoms with Crippen molar-refractivity contribution in [1.29, 1.82) is 0 Å². The molecule has 0 radical (unpaired) electrons. The molecule has 1 aliphatic rings. The number of carbonyl (C=O) groups excluding carboxylic acids is 1. The predicted octanol–water partition coefficient (Wildman–Crippen LogP) is 1.54. The predicted molar refractivity (Wildman–Crippen MR) is 65.5 cm³/mol. The van der Waals surface area contributed by atoms with Crippen molar-refractivity contribution in [3.63, 3.8) is 0 Å². The van der Waals surface area contributed by atoms with E-state index in [1.165, 1.54) is 0 Å². The summed E-state index contributed by atoms with van der Waals surface area (Å²) in [6.45, 7) is 0.445. The van der Waals surface area contributed by atoms with Gasteiger partial charge in [0.15, 0.2) is 17.8 Å². The van der Waals surface area contributed by atoms with E-state index in [1.807, 2.05) is 17.8 Å². The average molecular weight is 260 g/mol. The van der Waals surface area contributed by atoms with Gasteiger partial charge in [0.2, 0.25) is 6.79 Å². The van der Waals surface area contributed by atoms with Gasteiger partial charge in [-0.3, -0.25) is 4.79 Å². The molecule has 0 saturated heterocycles. The lowest BCUT2D eigenvalue weighted by Crippen LogP contribution is -2.04. The van der Waals surface area contributed by atoms with Crippen molar-refractivity contribution in [2.45, 2.75) is 6.61 Å². The first-order valence-corrected chi connectivity index (χ1v) is 5.76. The smallest absolute Gasteiger partial charge is 0.231 e. The van der Waals surface area contributed by atoms with E-state index in [0.29, 0.717) is 22.8 Å². The summed E-state index contributed by atoms with van der Waals surface area (Å²) in [4.78, 5) is 15.2. The lowest BCUT2D eigenvalue weighted by Gasteiger charge is -2.09. The summed E-state index contributed by atoms with van der Waals surface area (Å²) in [6, 6.07) is 3.28. The molecule has 2 heterocycles. The van der Waals surface area contributed by atoms with Crippen LogP contribution in [0.2, 0.25) is 0 Å². The van der Waals surface area contributed by atoms with Crippen molar-refractivity contribution in [3.05, 3.63) is 35.9 Å². The first-order valence-electron chi connectivity index (χ1n) is 5.76. The lowest BCUT2D eigenvalue weighted by molar-refractivity contribution is 0.111. The molecule has 0 atom stereocenters. The Balaban J connectivity index is 1.84. The number of rotatable bonds is 4. The Bertz CT molecular complexity index is 621. The number of hydrogen-bond acceptors (Lipinski definition) is 5. The molecule has 0 fully saturated rings. The fourth-order valence-electron chi connectivity index (χ4n) is 1.83. The topological polar surface area (TPSA) is 62.6 Å². The molecule has 2 aromatic rings. The molecular formula is C13H12N2O4. The van der Waals surface area contributed by atoms with Gasteiger partial charge in [0, 0.05) is 25.5 Å². The van der Waals surface area contributed by atoms with E-state index >= 15 is 0 Å². The number of aldehydes is 1. The molecule has 1 aliphatic heterocycles. The first-order chi connectivity index (χ1) is 9.28. The molecule has 0 aliphatic carbocycles. The Labute approximate surface area is 109 Å². The third-order valence-electron chi connectivity index (χ3n) is 2.91. The van der Waals surface area contributed by atoms with Gasteiger partial charge in [-0.1, -0.05) is 0 Å². The van der Waals surface area contributed by atoms with E-state index in [2.05, 4.69) is 4.98 Å². The van der Waals surface area contributed by atoms with Crippen LogP contribution in [0.15, 0.2) is 24.5 Å². The van der Waals surface area contributed by atoms with E-state index < -0.39 is 0 Å². The quantitative estimate of drug-likeness (QED) is 0.780. The van der Waals surface area contributed by atoms with Crippen LogP contribution in [0, 0.1) is 0 Å². The number of fused-ring (bicyclic) bond motifs is 1. The Hall–Kier alpha value is -2.50. The summed E-state index contributed by atoms with van der Waals surface area (Å²) in [5.41, 5.74) is 0.429. The summed E-state index contributed by atoms with van der Waals surface area (Å²) in [7, 11) is 1.88. The maximum absolute atomic E-state index is 11.1. The minimum absolute atomic E-state index is 0.163. The highest BCUT2D eigenvalue weighted by Gasteiger charge is 2.18. The van der Waals surface area contributed by atoms with Crippen LogP contribution in [0.4, 0.5) is 0 Å². The van der Waals surface area contributed by atoms with Crippen molar-refractivity contribution in [3.8, 4) is 17.2 Å². The molecule has 0 N–H and O–H groups in total. The van der Waals surface area contributed by atoms with E-state index in [1.54, 1.807) is 18.3 Å². The summed E-state index contributed by atoms with van der Waals surface area (Å²) >= 11 is 0. The van der Waals surface area contributed by atoms with Crippen molar-refractivity contribution in [1.82, 2.24) is 9.55 Å². The van der Waals surface area contributed by atoms with Gasteiger partial charge in [0.05, 0.1) is 5.56 Å². The summed E-state index contributed by atoms with van der Waals surface area (Å²) in [6.07, 6.45) is 4.26. The van der Waals surface area contributed by atoms with Gasteiger partial charge in [-0.05, 0) is 6.07 Å². The summed E-state index contributed by atoms with van der Waals surface area (Å²) < 4.78 is 18.0. The zero-order valence-electron chi connectivity index (χ0n) is 10.3. The van der Waals surface area contributed by atoms with Gasteiger partial charge in [0.25, 0.3) is 0 Å². The molecule has 19 heavy (non-hydrogen) atoms. The van der Waals surface area contributed by atoms with Gasteiger partial charge in [-0.25, -0.2) is 4.98 Å². The Morgan fingerprint density at radius 3 is 2.89 bits per heavy atom. The van der Waals surface area contributed by atoms with Crippen molar-refractivity contribution < 1.29 is 19.0 Å². The van der Waals surface area contributed by atoms with Gasteiger partial charge in [-0.15, -0.1) is 0 Å². The molecule has 0 spiro atoms. The van der Waals surface area contributed by atoms with Crippen LogP contribution in [-0.4, -0.2) is 22.6 Å². The zero-order chi connectivity index (χ0) is 13.2. The fraction of sp³-hybridized carbons (Fsp3) is 0.231. The number of ether oxygens (including phenoxy) is 3. The monoisotopic (exact) mass is 260 g/mol. The highest BCUT2D eigenvalue weighted by Crippen LogP contribution is 2.37. The molecule has 6 heteroatoms. The SMILES string of the molecule is Cn1ccnc1COc1cc2c(cc1C=O)OCO2. The number of imidazole rings is 1. The molecule has 1 aromatic heterocycles. The second-order valence-electron chi connectivity index (χ2n) is 4.10. The maximum Gasteiger partial charge on any atom is 0.231 e. The molecule has 0 amide bonds. The largest absolute Gasteiger partial charge is 0.485 e. The van der Waals surface area contributed by atoms with Gasteiger partial charge >= 0.3 is 0 Å². The molecule has 3 rings (SSSR count). The van der Waals surface area contributed by atoms with Crippen LogP contribution in [-0.2, 0) is 13.7 Å². The van der Waals surface area contributed by atoms with Crippen LogP contribution in [0.1, 0.15) is 16.2 Å². The molecular weight excluding hydrogens is 248 g/mol. The number of benzene rings is 1. The third-order valence-corrected chi connectivity index (χ3v) is 2.91. The highest BCUT2D eigenvalue weighted by molar-refractivity contribution is 5.81. The van der Waals surface area contributed by atoms with Crippen LogP contribution in [0.25, 0.3) is 0 Å². The summed E-state index contributed by atoms with van der Waals surface area (Å²) in [5, 5.41) is 0. The van der Waals surface area contributed by atoms with Crippen molar-refractivity contribution in [2.75, 3.05) is 6.79 Å². The average Bonchev–Trinajstić information content (AvgIpc) is 3.03. The normalized spacial score (nSPS) is 12.5. The Kier molecular flexibility index (Phi) is 2.83. The first kappa shape index (κ1) is 11.6. The van der Waals surface area contributed by atoms with E-state index in [9.17, 15) is 4.79 Å². The number of aromatic nitrogens is 2. The fourth-order valence-corrected chi connectivity index (χ4v) is 1.83. The molecule has 0 bridgehead atoms. The van der Waals surface area contributed by atoms with E-state index in [-0.39, 0.29) is 13.4 Å². The van der Waals surface area contributed by atoms with Gasteiger partial charge < -0.3 is 18.8 Å². The second-order valence-corrected chi connectivity index (χ2v) is 4.10. The maximum atomic E-state index is 11.1. The number of aryl methyl sites for hydroxylation is 1. The van der Waals surface area contributed by atoms with Gasteiger partial charge in [-0.2, -0.15) is 0 Å². The van der Waals surface area contributed by atoms with Gasteiger partial charge in [0.1, 0.15) is 18.2 Å². The minimum atomic E-state index is 0.163. The Morgan fingerprint density at radius 1 is 1.42 bits per heavy atom. The number of hydrogen-bond donors (Lipinski definition) is 0. The third kappa shape index (κ3) is 2.12. The highest BCUT2D eigenvalue weighted by atomic mass is 16.7. The molecule has 98 valence electrons. The molecule has 0 saturated carbocycles. The van der Waals surface area contributed by atoms with Crippen LogP contribution in [0.3, 0.4) is 0 Å². The lowest BCUT2D eigenvalue weighted by atomic mass is 10.2. The van der Waals surface area contributed by atoms with Crippen molar-refractivity contribution >= 4 is 6.29 Å². The minimum Gasteiger partial charge on any atom is -0.485 e. The molecule has 0 unspecified atom stereocenters. The van der Waals surface area contributed by atoms with E-state index in [4.69, 9.17) is 14.2 Å². The molecule has 1 aromatic carbocycles. The second kappa shape index (κ2) is 4.64. The van der Waals surface area contributed by atoms with Crippen LogP contribution >= 0.6 is 0 Å².